The largest absolute Gasteiger partial charge is 3.00 e. The second-order valence-electron chi connectivity index (χ2n) is 10.8. The molecule has 2 radical (unpaired) electrons. The van der Waals surface area contributed by atoms with Gasteiger partial charge in [0.1, 0.15) is 0 Å². The van der Waals surface area contributed by atoms with E-state index in [2.05, 4.69) is 96.1 Å². The Bertz CT molecular complexity index is 1310. The average molecular weight is 624 g/mol. The van der Waals surface area contributed by atoms with E-state index in [9.17, 15) is 0 Å². The van der Waals surface area contributed by atoms with Crippen LogP contribution in [0.1, 0.15) is 49.9 Å². The molecule has 5 rings (SSSR count). The third-order valence-electron chi connectivity index (χ3n) is 5.97. The Labute approximate surface area is 264 Å². The summed E-state index contributed by atoms with van der Waals surface area (Å²) in [6.45, 7) is 20.1. The monoisotopic (exact) mass is 622 g/mol. The third kappa shape index (κ3) is 12.6. The maximum atomic E-state index is 8.16. The predicted molar refractivity (Wildman–Crippen MR) is 175 cm³/mol. The molecule has 5 aromatic rings. The molecule has 1 nitrogen and oxygen atoms in total. The van der Waals surface area contributed by atoms with Crippen molar-refractivity contribution in [3.8, 4) is 11.1 Å². The van der Waals surface area contributed by atoms with E-state index in [0.29, 0.717) is 0 Å². The molecule has 0 aliphatic rings. The standard InChI is InChI=1S/C21H23.2C7H7.C2H7OSi.Zr/c1-5-15-13-17-7-6-8-19(20(17)14-15)16-9-11-18(12-10-16)21(2,3)4;2*1-7-5-3-2-4-6-7;1-4(2)3;/h6-14H,5H2,1-4H3;2*2-6H,1H2;3H,1-2H3;/q3*-1;;+3. The van der Waals surface area contributed by atoms with E-state index in [4.69, 9.17) is 4.80 Å². The summed E-state index contributed by atoms with van der Waals surface area (Å²) in [6, 6.07) is 40.0. The number of hydrogen-bond acceptors (Lipinski definition) is 1. The summed E-state index contributed by atoms with van der Waals surface area (Å²) in [5.74, 6) is 0. The predicted octanol–water partition coefficient (Wildman–Crippen LogP) is 10.1. The van der Waals surface area contributed by atoms with Gasteiger partial charge in [-0.2, -0.15) is 55.3 Å². The summed E-state index contributed by atoms with van der Waals surface area (Å²) in [5, 5.41) is 2.72. The molecule has 0 aromatic heterocycles. The summed E-state index contributed by atoms with van der Waals surface area (Å²) in [4.78, 5) is 8.16. The fraction of sp³-hybridized carbons (Fsp3) is 0.216. The average Bonchev–Trinajstić information content (AvgIpc) is 3.33. The van der Waals surface area contributed by atoms with Crippen LogP contribution in [0.15, 0.2) is 115 Å². The first-order chi connectivity index (χ1) is 18.5. The van der Waals surface area contributed by atoms with Crippen LogP contribution in [0.25, 0.3) is 21.9 Å². The Morgan fingerprint density at radius 1 is 0.725 bits per heavy atom. The third-order valence-corrected chi connectivity index (χ3v) is 5.97. The Hall–Kier alpha value is -2.71. The molecular formula is C37H44OSiZr. The molecule has 0 saturated carbocycles. The summed E-state index contributed by atoms with van der Waals surface area (Å²) in [5.41, 5.74) is 7.80. The van der Waals surface area contributed by atoms with Gasteiger partial charge in [-0.25, -0.2) is 0 Å². The van der Waals surface area contributed by atoms with Crippen LogP contribution in [0.4, 0.5) is 0 Å². The van der Waals surface area contributed by atoms with Crippen LogP contribution in [-0.4, -0.2) is 13.8 Å². The summed E-state index contributed by atoms with van der Waals surface area (Å²) >= 11 is 0. The Morgan fingerprint density at radius 3 is 1.57 bits per heavy atom. The van der Waals surface area contributed by atoms with Gasteiger partial charge in [-0.05, 0) is 36.1 Å². The van der Waals surface area contributed by atoms with Gasteiger partial charge in [0.05, 0.1) is 0 Å². The number of rotatable bonds is 2. The van der Waals surface area contributed by atoms with Crippen molar-refractivity contribution in [3.63, 3.8) is 0 Å². The molecule has 3 heteroatoms. The summed E-state index contributed by atoms with van der Waals surface area (Å²) < 4.78 is 0. The summed E-state index contributed by atoms with van der Waals surface area (Å²) in [7, 11) is -0.880. The Morgan fingerprint density at radius 2 is 1.20 bits per heavy atom. The van der Waals surface area contributed by atoms with Gasteiger partial charge in [0.25, 0.3) is 0 Å². The van der Waals surface area contributed by atoms with Crippen molar-refractivity contribution >= 4 is 19.8 Å². The van der Waals surface area contributed by atoms with Crippen molar-refractivity contribution in [2.24, 2.45) is 0 Å². The van der Waals surface area contributed by atoms with Crippen molar-refractivity contribution in [1.29, 1.82) is 0 Å². The smallest absolute Gasteiger partial charge is 0.432 e. The van der Waals surface area contributed by atoms with E-state index in [0.717, 1.165) is 17.5 Å². The van der Waals surface area contributed by atoms with E-state index in [1.165, 1.54) is 33.0 Å². The summed E-state index contributed by atoms with van der Waals surface area (Å²) in [6.07, 6.45) is 1.09. The molecule has 0 saturated heterocycles. The first-order valence-corrected chi connectivity index (χ1v) is 16.0. The number of aryl methyl sites for hydroxylation is 1. The van der Waals surface area contributed by atoms with Gasteiger partial charge in [0.2, 0.25) is 0 Å². The zero-order valence-electron chi connectivity index (χ0n) is 25.0. The van der Waals surface area contributed by atoms with Crippen molar-refractivity contribution < 1.29 is 31.0 Å². The van der Waals surface area contributed by atoms with Gasteiger partial charge in [-0.3, -0.25) is 0 Å². The molecule has 40 heavy (non-hydrogen) atoms. The molecule has 1 N–H and O–H groups in total. The van der Waals surface area contributed by atoms with Crippen molar-refractivity contribution in [2.45, 2.75) is 52.6 Å². The minimum atomic E-state index is -0.880. The topological polar surface area (TPSA) is 20.2 Å². The Balaban J connectivity index is 0.000000344. The normalized spacial score (nSPS) is 10.2. The van der Waals surface area contributed by atoms with Gasteiger partial charge >= 0.3 is 26.2 Å². The van der Waals surface area contributed by atoms with Crippen molar-refractivity contribution in [1.82, 2.24) is 0 Å². The van der Waals surface area contributed by atoms with Crippen LogP contribution >= 0.6 is 0 Å². The van der Waals surface area contributed by atoms with Gasteiger partial charge in [-0.15, -0.1) is 58.8 Å². The van der Waals surface area contributed by atoms with E-state index >= 15 is 0 Å². The maximum Gasteiger partial charge on any atom is 3.00 e. The van der Waals surface area contributed by atoms with Gasteiger partial charge in [-0.1, -0.05) is 75.7 Å². The Kier molecular flexibility index (Phi) is 15.8. The van der Waals surface area contributed by atoms with Crippen LogP contribution in [0, 0.1) is 13.8 Å². The molecular weight excluding hydrogens is 580 g/mol. The molecule has 0 heterocycles. The molecule has 206 valence electrons. The number of benzene rings is 4. The molecule has 0 unspecified atom stereocenters. The van der Waals surface area contributed by atoms with E-state index in [-0.39, 0.29) is 31.6 Å². The molecule has 0 spiro atoms. The van der Waals surface area contributed by atoms with Gasteiger partial charge < -0.3 is 4.80 Å². The van der Waals surface area contributed by atoms with Crippen LogP contribution in [-0.2, 0) is 38.0 Å². The van der Waals surface area contributed by atoms with Crippen LogP contribution in [0.3, 0.4) is 0 Å². The quantitative estimate of drug-likeness (QED) is 0.153. The van der Waals surface area contributed by atoms with Crippen molar-refractivity contribution in [3.05, 3.63) is 151 Å². The SMILES string of the molecule is CCc1cc2c(-c3ccc(C(C)(C)C)cc3)cccc2[cH-]1.C[Si](C)O.[CH2-]c1ccccc1.[CH2-]c1ccccc1.[Zr+3]. The van der Waals surface area contributed by atoms with E-state index < -0.39 is 9.04 Å². The second kappa shape index (κ2) is 17.9. The fourth-order valence-corrected chi connectivity index (χ4v) is 3.86. The number of fused-ring (bicyclic) bond motifs is 1. The van der Waals surface area contributed by atoms with Crippen molar-refractivity contribution in [2.75, 3.05) is 0 Å². The number of hydrogen-bond donors (Lipinski definition) is 1. The maximum absolute atomic E-state index is 8.16. The molecule has 0 aliphatic carbocycles. The zero-order chi connectivity index (χ0) is 28.8. The molecule has 0 aliphatic heterocycles. The first-order valence-electron chi connectivity index (χ1n) is 13.5. The van der Waals surface area contributed by atoms with Gasteiger partial charge in [0, 0.05) is 0 Å². The molecule has 0 bridgehead atoms. The van der Waals surface area contributed by atoms with Crippen LogP contribution in [0.2, 0.25) is 13.1 Å². The van der Waals surface area contributed by atoms with E-state index in [1.54, 1.807) is 0 Å². The van der Waals surface area contributed by atoms with Crippen LogP contribution in [0.5, 0.6) is 0 Å². The van der Waals surface area contributed by atoms with Gasteiger partial charge in [0.15, 0.2) is 9.04 Å². The minimum absolute atomic E-state index is 0. The molecule has 0 fully saturated rings. The molecule has 0 amide bonds. The fourth-order valence-electron chi connectivity index (χ4n) is 3.86. The molecule has 5 aromatic carbocycles. The minimum Gasteiger partial charge on any atom is -0.432 e. The molecule has 0 atom stereocenters. The second-order valence-corrected chi connectivity index (χ2v) is 12.7. The van der Waals surface area contributed by atoms with E-state index in [1.807, 2.05) is 73.8 Å². The zero-order valence-corrected chi connectivity index (χ0v) is 28.5. The first kappa shape index (κ1) is 35.3. The van der Waals surface area contributed by atoms with Crippen LogP contribution < -0.4 is 0 Å².